The van der Waals surface area contributed by atoms with Gasteiger partial charge in [-0.25, -0.2) is 0 Å². The van der Waals surface area contributed by atoms with Crippen LogP contribution in [0.3, 0.4) is 0 Å². The van der Waals surface area contributed by atoms with Gasteiger partial charge in [0, 0.05) is 24.6 Å². The molecule has 66 valence electrons. The number of hydrogen-bond acceptors (Lipinski definition) is 5. The highest BCUT2D eigenvalue weighted by molar-refractivity contribution is 7.09. The van der Waals surface area contributed by atoms with Gasteiger partial charge in [-0.3, -0.25) is 0 Å². The summed E-state index contributed by atoms with van der Waals surface area (Å²) in [4.78, 5) is 2.21. The molecule has 1 saturated carbocycles. The highest BCUT2D eigenvalue weighted by Crippen LogP contribution is 2.26. The Balaban J connectivity index is 2.04. The van der Waals surface area contributed by atoms with Gasteiger partial charge in [0.15, 0.2) is 0 Å². The minimum atomic E-state index is 0.666. The maximum absolute atomic E-state index is 3.94. The Morgan fingerprint density at radius 3 is 2.75 bits per heavy atom. The highest BCUT2D eigenvalue weighted by Gasteiger charge is 2.21. The molecule has 1 aliphatic rings. The van der Waals surface area contributed by atoms with Crippen molar-refractivity contribution in [2.75, 3.05) is 11.9 Å². The predicted octanol–water partition coefficient (Wildman–Crippen LogP) is 1.31. The summed E-state index contributed by atoms with van der Waals surface area (Å²) in [5, 5.41) is 8.48. The van der Waals surface area contributed by atoms with Gasteiger partial charge < -0.3 is 4.90 Å². The van der Waals surface area contributed by atoms with Gasteiger partial charge in [-0.15, -0.1) is 0 Å². The second-order valence-electron chi connectivity index (χ2n) is 3.19. The molecule has 0 N–H and O–H groups in total. The average molecular weight is 184 g/mol. The molecule has 0 atom stereocenters. The Morgan fingerprint density at radius 1 is 1.42 bits per heavy atom. The summed E-state index contributed by atoms with van der Waals surface area (Å²) in [5.74, 6) is 0. The lowest BCUT2D eigenvalue weighted by Crippen LogP contribution is -2.28. The lowest BCUT2D eigenvalue weighted by atomic mass is 10.2. The Bertz CT molecular complexity index is 230. The van der Waals surface area contributed by atoms with Crippen LogP contribution in [-0.4, -0.2) is 27.9 Å². The van der Waals surface area contributed by atoms with Crippen molar-refractivity contribution in [1.29, 1.82) is 0 Å². The molecule has 0 saturated heterocycles. The van der Waals surface area contributed by atoms with Crippen molar-refractivity contribution >= 4 is 16.7 Å². The first-order valence-corrected chi connectivity index (χ1v) is 5.03. The zero-order valence-corrected chi connectivity index (χ0v) is 7.92. The summed E-state index contributed by atoms with van der Waals surface area (Å²) in [6, 6.07) is 0.666. The lowest BCUT2D eigenvalue weighted by molar-refractivity contribution is 0.648. The first kappa shape index (κ1) is 7.91. The van der Waals surface area contributed by atoms with Gasteiger partial charge in [-0.2, -0.15) is 0 Å². The van der Waals surface area contributed by atoms with Gasteiger partial charge in [0.25, 0.3) is 0 Å². The Kier molecular flexibility index (Phi) is 2.21. The third-order valence-corrected chi connectivity index (χ3v) is 3.15. The maximum atomic E-state index is 3.94. The normalized spacial score (nSPS) is 18.4. The summed E-state index contributed by atoms with van der Waals surface area (Å²) in [5.41, 5.74) is 0. The predicted molar refractivity (Wildman–Crippen MR) is 48.4 cm³/mol. The van der Waals surface area contributed by atoms with Crippen molar-refractivity contribution in [2.24, 2.45) is 0 Å². The number of aromatic nitrogens is 3. The zero-order valence-electron chi connectivity index (χ0n) is 7.10. The zero-order chi connectivity index (χ0) is 8.39. The van der Waals surface area contributed by atoms with E-state index in [4.69, 9.17) is 0 Å². The SMILES string of the molecule is CN(c1nnns1)C1CCCC1. The molecular formula is C7H12N4S. The third-order valence-electron chi connectivity index (χ3n) is 2.46. The minimum Gasteiger partial charge on any atom is -0.346 e. The molecule has 0 unspecified atom stereocenters. The first-order valence-electron chi connectivity index (χ1n) is 4.26. The highest BCUT2D eigenvalue weighted by atomic mass is 32.1. The van der Waals surface area contributed by atoms with Crippen LogP contribution in [0.4, 0.5) is 5.13 Å². The van der Waals surface area contributed by atoms with Crippen molar-refractivity contribution in [3.63, 3.8) is 0 Å². The van der Waals surface area contributed by atoms with E-state index < -0.39 is 0 Å². The van der Waals surface area contributed by atoms with E-state index in [9.17, 15) is 0 Å². The molecule has 2 rings (SSSR count). The summed E-state index contributed by atoms with van der Waals surface area (Å²) in [7, 11) is 2.08. The van der Waals surface area contributed by atoms with Gasteiger partial charge in [-0.1, -0.05) is 22.4 Å². The molecule has 0 amide bonds. The standard InChI is InChI=1S/C7H12N4S/c1-11(6-4-2-3-5-6)7-8-9-10-12-7/h6H,2-5H2,1H3. The number of anilines is 1. The number of rotatable bonds is 2. The molecule has 12 heavy (non-hydrogen) atoms. The monoisotopic (exact) mass is 184 g/mol. The van der Waals surface area contributed by atoms with Gasteiger partial charge in [0.05, 0.1) is 0 Å². The fraction of sp³-hybridized carbons (Fsp3) is 0.857. The quantitative estimate of drug-likeness (QED) is 0.695. The largest absolute Gasteiger partial charge is 0.346 e. The van der Waals surface area contributed by atoms with Crippen LogP contribution < -0.4 is 4.90 Å². The fourth-order valence-corrected chi connectivity index (χ4v) is 2.21. The molecule has 1 fully saturated rings. The first-order chi connectivity index (χ1) is 5.88. The van der Waals surface area contributed by atoms with Crippen LogP contribution in [0.1, 0.15) is 25.7 Å². The van der Waals surface area contributed by atoms with Crippen LogP contribution >= 0.6 is 11.5 Å². The minimum absolute atomic E-state index is 0.666. The topological polar surface area (TPSA) is 41.9 Å². The van der Waals surface area contributed by atoms with Crippen LogP contribution in [0.2, 0.25) is 0 Å². The van der Waals surface area contributed by atoms with E-state index in [1.165, 1.54) is 37.2 Å². The molecule has 0 radical (unpaired) electrons. The van der Waals surface area contributed by atoms with E-state index in [1.54, 1.807) is 0 Å². The molecule has 1 aromatic heterocycles. The molecule has 5 heteroatoms. The van der Waals surface area contributed by atoms with Crippen molar-refractivity contribution in [1.82, 2.24) is 14.8 Å². The number of hydrogen-bond donors (Lipinski definition) is 0. The summed E-state index contributed by atoms with van der Waals surface area (Å²) in [6.45, 7) is 0. The summed E-state index contributed by atoms with van der Waals surface area (Å²) >= 11 is 1.37. The van der Waals surface area contributed by atoms with E-state index in [-0.39, 0.29) is 0 Å². The second kappa shape index (κ2) is 3.35. The molecule has 0 aliphatic heterocycles. The van der Waals surface area contributed by atoms with Gasteiger partial charge in [-0.05, 0) is 18.1 Å². The number of nitrogens with zero attached hydrogens (tertiary/aromatic N) is 4. The van der Waals surface area contributed by atoms with Gasteiger partial charge >= 0.3 is 0 Å². The van der Waals surface area contributed by atoms with Gasteiger partial charge in [0.2, 0.25) is 5.13 Å². The lowest BCUT2D eigenvalue weighted by Gasteiger charge is -2.21. The van der Waals surface area contributed by atoms with Crippen LogP contribution in [-0.2, 0) is 0 Å². The van der Waals surface area contributed by atoms with E-state index in [1.807, 2.05) is 0 Å². The summed E-state index contributed by atoms with van der Waals surface area (Å²) < 4.78 is 3.75. The Morgan fingerprint density at radius 2 is 2.17 bits per heavy atom. The van der Waals surface area contributed by atoms with E-state index in [0.29, 0.717) is 6.04 Å². The van der Waals surface area contributed by atoms with Gasteiger partial charge in [0.1, 0.15) is 0 Å². The van der Waals surface area contributed by atoms with Crippen molar-refractivity contribution in [2.45, 2.75) is 31.7 Å². The van der Waals surface area contributed by atoms with Crippen LogP contribution in [0.15, 0.2) is 0 Å². The average Bonchev–Trinajstić information content (AvgIpc) is 2.77. The molecule has 1 heterocycles. The smallest absolute Gasteiger partial charge is 0.227 e. The molecule has 4 nitrogen and oxygen atoms in total. The van der Waals surface area contributed by atoms with E-state index in [2.05, 4.69) is 26.7 Å². The molecule has 0 bridgehead atoms. The maximum Gasteiger partial charge on any atom is 0.227 e. The molecular weight excluding hydrogens is 172 g/mol. The third kappa shape index (κ3) is 1.41. The second-order valence-corrected chi connectivity index (χ2v) is 3.91. The van der Waals surface area contributed by atoms with Crippen molar-refractivity contribution < 1.29 is 0 Å². The van der Waals surface area contributed by atoms with Crippen LogP contribution in [0.25, 0.3) is 0 Å². The molecule has 0 spiro atoms. The van der Waals surface area contributed by atoms with Crippen molar-refractivity contribution in [3.05, 3.63) is 0 Å². The van der Waals surface area contributed by atoms with E-state index >= 15 is 0 Å². The van der Waals surface area contributed by atoms with Crippen LogP contribution in [0.5, 0.6) is 0 Å². The van der Waals surface area contributed by atoms with Crippen molar-refractivity contribution in [3.8, 4) is 0 Å². The summed E-state index contributed by atoms with van der Waals surface area (Å²) in [6.07, 6.45) is 5.27. The fourth-order valence-electron chi connectivity index (χ4n) is 1.71. The van der Waals surface area contributed by atoms with E-state index in [0.717, 1.165) is 5.13 Å². The molecule has 0 aromatic carbocycles. The Hall–Kier alpha value is -0.710. The Labute approximate surface area is 75.8 Å². The van der Waals surface area contributed by atoms with Crippen LogP contribution in [0, 0.1) is 0 Å². The molecule has 1 aromatic rings. The molecule has 1 aliphatic carbocycles.